The number of methoxy groups -OCH3 is 1. The van der Waals surface area contributed by atoms with E-state index >= 15 is 0 Å². The highest BCUT2D eigenvalue weighted by Gasteiger charge is 2.31. The first-order chi connectivity index (χ1) is 12.1. The largest absolute Gasteiger partial charge is 0.497 e. The fourth-order valence-corrected chi connectivity index (χ4v) is 3.18. The van der Waals surface area contributed by atoms with Crippen LogP contribution in [-0.4, -0.2) is 40.2 Å². The third-order valence-electron chi connectivity index (χ3n) is 4.33. The average Bonchev–Trinajstić information content (AvgIpc) is 3.21. The molecule has 25 heavy (non-hydrogen) atoms. The van der Waals surface area contributed by atoms with Crippen LogP contribution in [0.25, 0.3) is 5.65 Å². The number of carbonyl (C=O) groups excluding carboxylic acids is 1. The summed E-state index contributed by atoms with van der Waals surface area (Å²) in [5.74, 6) is 1.68. The Morgan fingerprint density at radius 1 is 1.28 bits per heavy atom. The number of anilines is 2. The number of nitrogens with zero attached hydrogens (tertiary/aromatic N) is 4. The molecular weight excluding hydrogens is 318 g/mol. The summed E-state index contributed by atoms with van der Waals surface area (Å²) in [4.78, 5) is 18.7. The Kier molecular flexibility index (Phi) is 3.76. The van der Waals surface area contributed by atoms with Crippen molar-refractivity contribution < 1.29 is 9.53 Å². The molecule has 0 unspecified atom stereocenters. The van der Waals surface area contributed by atoms with Crippen LogP contribution in [0.3, 0.4) is 0 Å². The van der Waals surface area contributed by atoms with E-state index in [1.807, 2.05) is 43.3 Å². The van der Waals surface area contributed by atoms with E-state index in [9.17, 15) is 4.79 Å². The molecule has 1 aromatic carbocycles. The topological polar surface area (TPSA) is 71.8 Å². The van der Waals surface area contributed by atoms with Gasteiger partial charge in [-0.1, -0.05) is 6.07 Å². The standard InChI is InChI=1S/C18H19N5O2/c1-12-8-17(23-16(20-12)6-7-19-23)21-13-9-18(24)22(11-13)14-4-3-5-15(10-14)25-2/h3-8,10,13,21H,9,11H2,1-2H3/t13-/m1/s1. The Bertz CT molecular complexity index is 936. The lowest BCUT2D eigenvalue weighted by atomic mass is 10.2. The molecule has 1 saturated heterocycles. The maximum Gasteiger partial charge on any atom is 0.229 e. The van der Waals surface area contributed by atoms with Gasteiger partial charge in [0.2, 0.25) is 5.91 Å². The molecule has 2 aromatic heterocycles. The Hall–Kier alpha value is -3.09. The number of aromatic nitrogens is 3. The van der Waals surface area contributed by atoms with E-state index in [4.69, 9.17) is 4.74 Å². The molecule has 7 heteroatoms. The Morgan fingerprint density at radius 3 is 3.00 bits per heavy atom. The maximum absolute atomic E-state index is 12.5. The van der Waals surface area contributed by atoms with Gasteiger partial charge < -0.3 is 15.0 Å². The molecular formula is C18H19N5O2. The summed E-state index contributed by atoms with van der Waals surface area (Å²) in [5, 5.41) is 7.73. The molecule has 0 saturated carbocycles. The third-order valence-corrected chi connectivity index (χ3v) is 4.33. The van der Waals surface area contributed by atoms with E-state index in [0.29, 0.717) is 13.0 Å². The summed E-state index contributed by atoms with van der Waals surface area (Å²) in [6.45, 7) is 2.54. The highest BCUT2D eigenvalue weighted by atomic mass is 16.5. The van der Waals surface area contributed by atoms with Crippen molar-refractivity contribution in [3.05, 3.63) is 48.3 Å². The summed E-state index contributed by atoms with van der Waals surface area (Å²) < 4.78 is 7.01. The second-order valence-corrected chi connectivity index (χ2v) is 6.14. The summed E-state index contributed by atoms with van der Waals surface area (Å²) in [6, 6.07) is 11.4. The average molecular weight is 337 g/mol. The monoisotopic (exact) mass is 337 g/mol. The number of fused-ring (bicyclic) bond motifs is 1. The van der Waals surface area contributed by atoms with Gasteiger partial charge in [0.15, 0.2) is 5.65 Å². The van der Waals surface area contributed by atoms with Crippen molar-refractivity contribution in [2.45, 2.75) is 19.4 Å². The van der Waals surface area contributed by atoms with Gasteiger partial charge in [-0.25, -0.2) is 4.98 Å². The van der Waals surface area contributed by atoms with E-state index in [1.165, 1.54) is 0 Å². The van der Waals surface area contributed by atoms with Gasteiger partial charge in [0.05, 0.1) is 19.3 Å². The molecule has 0 spiro atoms. The number of aryl methyl sites for hydroxylation is 1. The third kappa shape index (κ3) is 2.88. The maximum atomic E-state index is 12.5. The minimum Gasteiger partial charge on any atom is -0.497 e. The van der Waals surface area contributed by atoms with E-state index < -0.39 is 0 Å². The van der Waals surface area contributed by atoms with Gasteiger partial charge >= 0.3 is 0 Å². The molecule has 7 nitrogen and oxygen atoms in total. The predicted molar refractivity (Wildman–Crippen MR) is 95.1 cm³/mol. The number of hydrogen-bond acceptors (Lipinski definition) is 5. The zero-order chi connectivity index (χ0) is 17.4. The fraction of sp³-hybridized carbons (Fsp3) is 0.278. The summed E-state index contributed by atoms with van der Waals surface area (Å²) in [7, 11) is 1.62. The van der Waals surface area contributed by atoms with Crippen LogP contribution in [0, 0.1) is 6.92 Å². The molecule has 1 amide bonds. The van der Waals surface area contributed by atoms with E-state index in [0.717, 1.165) is 28.6 Å². The van der Waals surface area contributed by atoms with Crippen LogP contribution in [0.2, 0.25) is 0 Å². The number of hydrogen-bond donors (Lipinski definition) is 1. The van der Waals surface area contributed by atoms with Gasteiger partial charge in [-0.15, -0.1) is 0 Å². The zero-order valence-corrected chi connectivity index (χ0v) is 14.1. The van der Waals surface area contributed by atoms with Crippen molar-refractivity contribution in [1.29, 1.82) is 0 Å². The Labute approximate surface area is 145 Å². The van der Waals surface area contributed by atoms with E-state index in [2.05, 4.69) is 15.4 Å². The van der Waals surface area contributed by atoms with Gasteiger partial charge in [-0.3, -0.25) is 4.79 Å². The molecule has 128 valence electrons. The van der Waals surface area contributed by atoms with Gasteiger partial charge in [-0.05, 0) is 19.1 Å². The molecule has 0 bridgehead atoms. The van der Waals surface area contributed by atoms with Crippen LogP contribution in [0.5, 0.6) is 5.75 Å². The lowest BCUT2D eigenvalue weighted by Crippen LogP contribution is -2.28. The van der Waals surface area contributed by atoms with Gasteiger partial charge in [0, 0.05) is 42.5 Å². The second kappa shape index (κ2) is 6.08. The lowest BCUT2D eigenvalue weighted by Gasteiger charge is -2.18. The molecule has 1 atom stereocenters. The minimum absolute atomic E-state index is 0.00732. The molecule has 0 aliphatic carbocycles. The number of carbonyl (C=O) groups is 1. The fourth-order valence-electron chi connectivity index (χ4n) is 3.18. The van der Waals surface area contributed by atoms with Crippen LogP contribution < -0.4 is 15.0 Å². The zero-order valence-electron chi connectivity index (χ0n) is 14.1. The van der Waals surface area contributed by atoms with Crippen molar-refractivity contribution in [3.63, 3.8) is 0 Å². The van der Waals surface area contributed by atoms with Crippen LogP contribution in [-0.2, 0) is 4.79 Å². The summed E-state index contributed by atoms with van der Waals surface area (Å²) in [6.07, 6.45) is 2.15. The van der Waals surface area contributed by atoms with Crippen LogP contribution in [0.4, 0.5) is 11.5 Å². The van der Waals surface area contributed by atoms with Crippen LogP contribution >= 0.6 is 0 Å². The van der Waals surface area contributed by atoms with Crippen molar-refractivity contribution in [3.8, 4) is 5.75 Å². The van der Waals surface area contributed by atoms with Crippen LogP contribution in [0.1, 0.15) is 12.1 Å². The first-order valence-electron chi connectivity index (χ1n) is 8.16. The highest BCUT2D eigenvalue weighted by molar-refractivity contribution is 5.96. The molecule has 3 aromatic rings. The van der Waals surface area contributed by atoms with Crippen molar-refractivity contribution >= 4 is 23.1 Å². The van der Waals surface area contributed by atoms with Crippen molar-refractivity contribution in [2.24, 2.45) is 0 Å². The molecule has 1 aliphatic heterocycles. The first-order valence-corrected chi connectivity index (χ1v) is 8.16. The Balaban J connectivity index is 1.56. The normalized spacial score (nSPS) is 17.3. The van der Waals surface area contributed by atoms with E-state index in [1.54, 1.807) is 22.7 Å². The van der Waals surface area contributed by atoms with Gasteiger partial charge in [0.1, 0.15) is 11.6 Å². The smallest absolute Gasteiger partial charge is 0.229 e. The summed E-state index contributed by atoms with van der Waals surface area (Å²) in [5.41, 5.74) is 2.55. The first kappa shape index (κ1) is 15.4. The van der Waals surface area contributed by atoms with Crippen LogP contribution in [0.15, 0.2) is 42.6 Å². The number of benzene rings is 1. The summed E-state index contributed by atoms with van der Waals surface area (Å²) >= 11 is 0. The van der Waals surface area contributed by atoms with Gasteiger partial charge in [0.25, 0.3) is 0 Å². The lowest BCUT2D eigenvalue weighted by molar-refractivity contribution is -0.117. The Morgan fingerprint density at radius 2 is 2.16 bits per heavy atom. The number of amides is 1. The number of nitrogens with one attached hydrogen (secondary N) is 1. The SMILES string of the molecule is COc1cccc(N2C[C@H](Nc3cc(C)nc4ccnn34)CC2=O)c1. The molecule has 3 heterocycles. The predicted octanol–water partition coefficient (Wildman–Crippen LogP) is 2.26. The highest BCUT2D eigenvalue weighted by Crippen LogP contribution is 2.27. The van der Waals surface area contributed by atoms with Crippen molar-refractivity contribution in [1.82, 2.24) is 14.6 Å². The van der Waals surface area contributed by atoms with Crippen molar-refractivity contribution in [2.75, 3.05) is 23.9 Å². The number of ether oxygens (including phenoxy) is 1. The molecule has 1 N–H and O–H groups in total. The number of rotatable bonds is 4. The van der Waals surface area contributed by atoms with Gasteiger partial charge in [-0.2, -0.15) is 9.61 Å². The molecule has 4 rings (SSSR count). The second-order valence-electron chi connectivity index (χ2n) is 6.14. The van der Waals surface area contributed by atoms with E-state index in [-0.39, 0.29) is 11.9 Å². The molecule has 1 aliphatic rings. The molecule has 1 fully saturated rings. The quantitative estimate of drug-likeness (QED) is 0.791. The minimum atomic E-state index is 0.00732. The molecule has 0 radical (unpaired) electrons.